The van der Waals surface area contributed by atoms with E-state index in [1.165, 1.54) is 16.6 Å². The molecule has 1 N–H and O–H groups in total. The Morgan fingerprint density at radius 3 is 2.73 bits per heavy atom. The average molecular weight is 558 g/mol. The Hall–Kier alpha value is -2.54. The molecule has 196 valence electrons. The summed E-state index contributed by atoms with van der Waals surface area (Å²) in [5.74, 6) is 2.09. The number of carbonyl (C=O) groups is 1. The van der Waals surface area contributed by atoms with Gasteiger partial charge in [0.25, 0.3) is 0 Å². The molecule has 2 unspecified atom stereocenters. The molecule has 0 radical (unpaired) electrons. The first-order valence-electron chi connectivity index (χ1n) is 12.6. The van der Waals surface area contributed by atoms with Gasteiger partial charge in [-0.2, -0.15) is 5.26 Å². The minimum Gasteiger partial charge on any atom is -0.483 e. The van der Waals surface area contributed by atoms with Gasteiger partial charge in [-0.15, -0.1) is 21.5 Å². The van der Waals surface area contributed by atoms with Gasteiger partial charge in [-0.05, 0) is 81.7 Å². The van der Waals surface area contributed by atoms with Crippen LogP contribution in [0.2, 0.25) is 5.02 Å². The van der Waals surface area contributed by atoms with Gasteiger partial charge in [-0.1, -0.05) is 36.7 Å². The summed E-state index contributed by atoms with van der Waals surface area (Å²) in [6.45, 7) is 10.7. The third-order valence-corrected chi connectivity index (χ3v) is 9.52. The van der Waals surface area contributed by atoms with Gasteiger partial charge >= 0.3 is 0 Å². The molecule has 0 saturated carbocycles. The largest absolute Gasteiger partial charge is 0.483 e. The number of nitrogens with zero attached hydrogens (tertiary/aromatic N) is 4. The van der Waals surface area contributed by atoms with Gasteiger partial charge in [-0.25, -0.2) is 0 Å². The second-order valence-electron chi connectivity index (χ2n) is 9.39. The molecule has 1 aromatic carbocycles. The minimum absolute atomic E-state index is 0.157. The second-order valence-corrected chi connectivity index (χ2v) is 11.8. The fraction of sp³-hybridized carbons (Fsp3) is 0.481. The number of rotatable bonds is 9. The molecule has 0 fully saturated rings. The summed E-state index contributed by atoms with van der Waals surface area (Å²) in [5, 5.41) is 23.5. The van der Waals surface area contributed by atoms with Crippen molar-refractivity contribution in [2.24, 2.45) is 5.92 Å². The average Bonchev–Trinajstić information content (AvgIpc) is 3.45. The maximum absolute atomic E-state index is 12.8. The number of aryl methyl sites for hydroxylation is 2. The number of ether oxygens (including phenoxy) is 1. The number of hydrogen-bond donors (Lipinski definition) is 1. The summed E-state index contributed by atoms with van der Waals surface area (Å²) in [4.78, 5) is 14.1. The van der Waals surface area contributed by atoms with Gasteiger partial charge in [0, 0.05) is 16.4 Å². The molecule has 2 aromatic heterocycles. The molecule has 0 saturated heterocycles. The van der Waals surface area contributed by atoms with E-state index in [0.29, 0.717) is 34.0 Å². The van der Waals surface area contributed by atoms with E-state index in [4.69, 9.17) is 16.3 Å². The summed E-state index contributed by atoms with van der Waals surface area (Å²) in [5.41, 5.74) is 3.67. The van der Waals surface area contributed by atoms with Crippen LogP contribution >= 0.6 is 34.7 Å². The van der Waals surface area contributed by atoms with Crippen LogP contribution in [0.1, 0.15) is 72.7 Å². The van der Waals surface area contributed by atoms with Crippen molar-refractivity contribution < 1.29 is 9.53 Å². The van der Waals surface area contributed by atoms with E-state index in [-0.39, 0.29) is 17.8 Å². The Bertz CT molecular complexity index is 1320. The van der Waals surface area contributed by atoms with Gasteiger partial charge in [0.1, 0.15) is 16.8 Å². The molecular weight excluding hydrogens is 526 g/mol. The van der Waals surface area contributed by atoms with Crippen LogP contribution in [0.5, 0.6) is 5.75 Å². The SMILES string of the molecule is CCC1CCc2c(sc(NC(=O)CSc3nnc(C(C)Oc4cc(C)c(Cl)c(C)c4)n3CC)c2C#N)C1. The first-order chi connectivity index (χ1) is 17.7. The van der Waals surface area contributed by atoms with Gasteiger partial charge in [0.05, 0.1) is 11.3 Å². The van der Waals surface area contributed by atoms with E-state index in [9.17, 15) is 10.1 Å². The first kappa shape index (κ1) is 27.5. The van der Waals surface area contributed by atoms with Crippen molar-refractivity contribution in [3.8, 4) is 11.8 Å². The highest BCUT2D eigenvalue weighted by molar-refractivity contribution is 7.99. The highest BCUT2D eigenvalue weighted by atomic mass is 35.5. The maximum Gasteiger partial charge on any atom is 0.235 e. The van der Waals surface area contributed by atoms with Crippen molar-refractivity contribution in [3.05, 3.63) is 50.1 Å². The first-order valence-corrected chi connectivity index (χ1v) is 14.8. The van der Waals surface area contributed by atoms with Gasteiger partial charge < -0.3 is 14.6 Å². The van der Waals surface area contributed by atoms with Crippen molar-refractivity contribution in [3.63, 3.8) is 0 Å². The fourth-order valence-corrected chi connectivity index (χ4v) is 6.98. The predicted octanol–water partition coefficient (Wildman–Crippen LogP) is 6.89. The highest BCUT2D eigenvalue weighted by Crippen LogP contribution is 2.40. The lowest BCUT2D eigenvalue weighted by Crippen LogP contribution is -2.15. The van der Waals surface area contributed by atoms with Crippen LogP contribution in [0.3, 0.4) is 0 Å². The van der Waals surface area contributed by atoms with E-state index < -0.39 is 0 Å². The summed E-state index contributed by atoms with van der Waals surface area (Å²) >= 11 is 9.17. The van der Waals surface area contributed by atoms with E-state index in [1.807, 2.05) is 44.4 Å². The zero-order valence-electron chi connectivity index (χ0n) is 21.9. The lowest BCUT2D eigenvalue weighted by Gasteiger charge is -2.20. The molecule has 1 amide bonds. The molecule has 1 aliphatic rings. The Morgan fingerprint density at radius 1 is 1.35 bits per heavy atom. The standard InChI is InChI=1S/C27H32ClN5O2S2/c1-6-18-8-9-20-21(13-29)26(37-22(20)12-18)30-23(34)14-36-27-32-31-25(33(27)7-2)17(5)35-19-10-15(3)24(28)16(4)11-19/h10-11,17-18H,6-9,12,14H2,1-5H3,(H,30,34). The molecule has 7 nitrogen and oxygen atoms in total. The monoisotopic (exact) mass is 557 g/mol. The minimum atomic E-state index is -0.335. The lowest BCUT2D eigenvalue weighted by molar-refractivity contribution is -0.113. The highest BCUT2D eigenvalue weighted by Gasteiger charge is 2.26. The second kappa shape index (κ2) is 11.9. The van der Waals surface area contributed by atoms with Crippen molar-refractivity contribution in [1.29, 1.82) is 5.26 Å². The topological polar surface area (TPSA) is 92.8 Å². The van der Waals surface area contributed by atoms with E-state index in [1.54, 1.807) is 11.3 Å². The Labute approximate surface area is 231 Å². The van der Waals surface area contributed by atoms with Crippen molar-refractivity contribution in [2.75, 3.05) is 11.1 Å². The number of hydrogen-bond acceptors (Lipinski definition) is 7. The van der Waals surface area contributed by atoms with Crippen LogP contribution in [0, 0.1) is 31.1 Å². The number of thioether (sulfide) groups is 1. The van der Waals surface area contributed by atoms with Crippen LogP contribution in [0.25, 0.3) is 0 Å². The van der Waals surface area contributed by atoms with Gasteiger partial charge in [0.15, 0.2) is 17.1 Å². The van der Waals surface area contributed by atoms with E-state index in [0.717, 1.165) is 53.1 Å². The molecule has 1 aliphatic carbocycles. The quantitative estimate of drug-likeness (QED) is 0.288. The Balaban J connectivity index is 1.41. The van der Waals surface area contributed by atoms with Crippen LogP contribution in [0.15, 0.2) is 17.3 Å². The predicted molar refractivity (Wildman–Crippen MR) is 150 cm³/mol. The van der Waals surface area contributed by atoms with Crippen LogP contribution in [-0.2, 0) is 24.2 Å². The molecule has 0 aliphatic heterocycles. The third-order valence-electron chi connectivity index (χ3n) is 6.79. The molecule has 0 bridgehead atoms. The number of aromatic nitrogens is 3. The fourth-order valence-electron chi connectivity index (χ4n) is 4.74. The van der Waals surface area contributed by atoms with Crippen molar-refractivity contribution in [2.45, 2.75) is 78.1 Å². The molecule has 3 aromatic rings. The maximum atomic E-state index is 12.8. The summed E-state index contributed by atoms with van der Waals surface area (Å²) in [6.07, 6.45) is 3.81. The van der Waals surface area contributed by atoms with Crippen LogP contribution < -0.4 is 10.1 Å². The zero-order chi connectivity index (χ0) is 26.7. The number of anilines is 1. The number of benzene rings is 1. The molecule has 2 heterocycles. The Morgan fingerprint density at radius 2 is 2.08 bits per heavy atom. The van der Waals surface area contributed by atoms with Crippen molar-refractivity contribution in [1.82, 2.24) is 14.8 Å². The normalized spacial score (nSPS) is 15.6. The molecule has 0 spiro atoms. The number of carbonyl (C=O) groups excluding carboxylic acids is 1. The van der Waals surface area contributed by atoms with Crippen LogP contribution in [0.4, 0.5) is 5.00 Å². The molecule has 4 rings (SSSR count). The third kappa shape index (κ3) is 5.97. The number of fused-ring (bicyclic) bond motifs is 1. The smallest absolute Gasteiger partial charge is 0.235 e. The molecule has 2 atom stereocenters. The van der Waals surface area contributed by atoms with E-state index >= 15 is 0 Å². The van der Waals surface area contributed by atoms with E-state index in [2.05, 4.69) is 28.5 Å². The number of nitriles is 1. The van der Waals surface area contributed by atoms with Gasteiger partial charge in [0.2, 0.25) is 5.91 Å². The van der Waals surface area contributed by atoms with Crippen molar-refractivity contribution >= 4 is 45.6 Å². The van der Waals surface area contributed by atoms with Gasteiger partial charge in [-0.3, -0.25) is 4.79 Å². The molecular formula is C27H32ClN5O2S2. The molecule has 37 heavy (non-hydrogen) atoms. The number of thiophene rings is 1. The Kier molecular flexibility index (Phi) is 8.83. The number of nitrogens with one attached hydrogen (secondary N) is 1. The number of halogens is 1. The zero-order valence-corrected chi connectivity index (χ0v) is 24.2. The molecule has 10 heteroatoms. The lowest BCUT2D eigenvalue weighted by atomic mass is 9.86. The summed E-state index contributed by atoms with van der Waals surface area (Å²) in [7, 11) is 0. The van der Waals surface area contributed by atoms with Crippen LogP contribution in [-0.4, -0.2) is 26.4 Å². The number of amides is 1. The summed E-state index contributed by atoms with van der Waals surface area (Å²) in [6, 6.07) is 6.15. The summed E-state index contributed by atoms with van der Waals surface area (Å²) < 4.78 is 8.12.